The van der Waals surface area contributed by atoms with Gasteiger partial charge in [0, 0.05) is 18.6 Å². The van der Waals surface area contributed by atoms with Crippen molar-refractivity contribution in [3.63, 3.8) is 0 Å². The third-order valence-electron chi connectivity index (χ3n) is 1.81. The van der Waals surface area contributed by atoms with E-state index in [-0.39, 0.29) is 5.56 Å². The molecule has 66 valence electrons. The van der Waals surface area contributed by atoms with Gasteiger partial charge >= 0.3 is 0 Å². The van der Waals surface area contributed by atoms with Gasteiger partial charge in [0.05, 0.1) is 11.6 Å². The van der Waals surface area contributed by atoms with Crippen LogP contribution < -0.4 is 5.56 Å². The molecule has 0 fully saturated rings. The zero-order valence-electron chi connectivity index (χ0n) is 6.86. The van der Waals surface area contributed by atoms with Gasteiger partial charge in [-0.3, -0.25) is 4.79 Å². The van der Waals surface area contributed by atoms with Crippen molar-refractivity contribution in [2.24, 2.45) is 7.05 Å². The zero-order valence-corrected chi connectivity index (χ0v) is 8.45. The van der Waals surface area contributed by atoms with E-state index in [9.17, 15) is 4.79 Å². The lowest BCUT2D eigenvalue weighted by Gasteiger charge is -2.00. The average Bonchev–Trinajstić information content (AvgIpc) is 2.12. The Bertz CT molecular complexity index is 520. The van der Waals surface area contributed by atoms with Crippen molar-refractivity contribution >= 4 is 26.7 Å². The molecule has 2 heterocycles. The van der Waals surface area contributed by atoms with Crippen LogP contribution in [0, 0.1) is 0 Å². The van der Waals surface area contributed by atoms with E-state index in [1.54, 1.807) is 25.5 Å². The van der Waals surface area contributed by atoms with E-state index in [4.69, 9.17) is 0 Å². The van der Waals surface area contributed by atoms with Crippen molar-refractivity contribution in [3.8, 4) is 0 Å². The summed E-state index contributed by atoms with van der Waals surface area (Å²) in [5.41, 5.74) is -0.141. The number of halogens is 1. The number of aromatic nitrogens is 3. The van der Waals surface area contributed by atoms with Crippen LogP contribution in [0.2, 0.25) is 0 Å². The molecule has 0 aliphatic carbocycles. The third kappa shape index (κ3) is 1.25. The Morgan fingerprint density at radius 1 is 1.54 bits per heavy atom. The zero-order chi connectivity index (χ0) is 9.42. The van der Waals surface area contributed by atoms with Crippen molar-refractivity contribution in [2.75, 3.05) is 0 Å². The lowest BCUT2D eigenvalue weighted by molar-refractivity contribution is 0.717. The quantitative estimate of drug-likeness (QED) is 0.647. The Hall–Kier alpha value is -1.23. The number of pyridine rings is 1. The second-order valence-corrected chi connectivity index (χ2v) is 3.39. The van der Waals surface area contributed by atoms with Gasteiger partial charge in [0.2, 0.25) is 0 Å². The number of hydrogen-bond donors (Lipinski definition) is 0. The topological polar surface area (TPSA) is 47.8 Å². The molecule has 0 saturated carbocycles. The highest BCUT2D eigenvalue weighted by Crippen LogP contribution is 2.15. The van der Waals surface area contributed by atoms with E-state index in [0.717, 1.165) is 5.39 Å². The van der Waals surface area contributed by atoms with E-state index in [1.807, 2.05) is 0 Å². The Morgan fingerprint density at radius 3 is 3.08 bits per heavy atom. The van der Waals surface area contributed by atoms with Gasteiger partial charge in [0.25, 0.3) is 5.56 Å². The van der Waals surface area contributed by atoms with Crippen molar-refractivity contribution in [3.05, 3.63) is 33.4 Å². The second kappa shape index (κ2) is 2.92. The normalized spacial score (nSPS) is 10.6. The second-order valence-electron chi connectivity index (χ2n) is 2.64. The van der Waals surface area contributed by atoms with E-state index < -0.39 is 0 Å². The minimum atomic E-state index is -0.141. The van der Waals surface area contributed by atoms with Gasteiger partial charge in [-0.15, -0.1) is 0 Å². The van der Waals surface area contributed by atoms with Gasteiger partial charge in [0.1, 0.15) is 4.60 Å². The van der Waals surface area contributed by atoms with Crippen LogP contribution in [0.1, 0.15) is 0 Å². The molecule has 4 nitrogen and oxygen atoms in total. The molecule has 0 aliphatic rings. The minimum Gasteiger partial charge on any atom is -0.267 e. The molecule has 0 unspecified atom stereocenters. The number of rotatable bonds is 0. The number of nitrogens with zero attached hydrogens (tertiary/aromatic N) is 3. The average molecular weight is 240 g/mol. The van der Waals surface area contributed by atoms with Crippen LogP contribution in [0.15, 0.2) is 27.9 Å². The van der Waals surface area contributed by atoms with Crippen molar-refractivity contribution in [2.45, 2.75) is 0 Å². The molecule has 0 radical (unpaired) electrons. The summed E-state index contributed by atoms with van der Waals surface area (Å²) in [6.45, 7) is 0. The molecular formula is C8H6BrN3O. The van der Waals surface area contributed by atoms with Crippen molar-refractivity contribution in [1.82, 2.24) is 14.8 Å². The molecule has 0 saturated heterocycles. The summed E-state index contributed by atoms with van der Waals surface area (Å²) in [4.78, 5) is 15.6. The summed E-state index contributed by atoms with van der Waals surface area (Å²) >= 11 is 3.23. The molecule has 2 aromatic rings. The summed E-state index contributed by atoms with van der Waals surface area (Å²) in [5, 5.41) is 5.27. The molecule has 0 aliphatic heterocycles. The molecule has 0 amide bonds. The summed E-state index contributed by atoms with van der Waals surface area (Å²) in [6, 6.07) is 1.76. The first kappa shape index (κ1) is 8.37. The summed E-state index contributed by atoms with van der Waals surface area (Å²) in [5.74, 6) is 0. The van der Waals surface area contributed by atoms with E-state index in [2.05, 4.69) is 26.0 Å². The highest BCUT2D eigenvalue weighted by atomic mass is 79.9. The minimum absolute atomic E-state index is 0.141. The lowest BCUT2D eigenvalue weighted by atomic mass is 10.2. The van der Waals surface area contributed by atoms with Gasteiger partial charge in [0.15, 0.2) is 0 Å². The first-order chi connectivity index (χ1) is 6.20. The molecule has 0 bridgehead atoms. The van der Waals surface area contributed by atoms with Crippen LogP contribution in [0.3, 0.4) is 0 Å². The van der Waals surface area contributed by atoms with Crippen LogP contribution in [-0.4, -0.2) is 14.8 Å². The molecule has 2 rings (SSSR count). The monoisotopic (exact) mass is 239 g/mol. The first-order valence-electron chi connectivity index (χ1n) is 3.66. The van der Waals surface area contributed by atoms with Crippen molar-refractivity contribution < 1.29 is 0 Å². The molecule has 2 aromatic heterocycles. The Balaban J connectivity index is 3.06. The van der Waals surface area contributed by atoms with E-state index in [0.29, 0.717) is 9.99 Å². The third-order valence-corrected chi connectivity index (χ3v) is 2.42. The van der Waals surface area contributed by atoms with Gasteiger partial charge in [-0.25, -0.2) is 9.67 Å². The van der Waals surface area contributed by atoms with Crippen LogP contribution >= 0.6 is 15.9 Å². The Kier molecular flexibility index (Phi) is 1.88. The number of hydrogen-bond acceptors (Lipinski definition) is 3. The van der Waals surface area contributed by atoms with Gasteiger partial charge in [-0.1, -0.05) is 0 Å². The highest BCUT2D eigenvalue weighted by Gasteiger charge is 2.05. The van der Waals surface area contributed by atoms with E-state index >= 15 is 0 Å². The fourth-order valence-electron chi connectivity index (χ4n) is 1.13. The molecule has 0 aromatic carbocycles. The lowest BCUT2D eigenvalue weighted by Crippen LogP contribution is -2.19. The summed E-state index contributed by atoms with van der Waals surface area (Å²) in [7, 11) is 1.61. The highest BCUT2D eigenvalue weighted by molar-refractivity contribution is 9.10. The van der Waals surface area contributed by atoms with Crippen molar-refractivity contribution in [1.29, 1.82) is 0 Å². The fourth-order valence-corrected chi connectivity index (χ4v) is 1.65. The van der Waals surface area contributed by atoms with Gasteiger partial charge < -0.3 is 0 Å². The van der Waals surface area contributed by atoms with Crippen LogP contribution in [0.25, 0.3) is 10.8 Å². The standard InChI is InChI=1S/C8H6BrN3O/c1-12-8(13)6-5(4-11-12)2-3-10-7(6)9/h2-4H,1H3. The van der Waals surface area contributed by atoms with Crippen LogP contribution in [0.5, 0.6) is 0 Å². The SMILES string of the molecule is Cn1ncc2ccnc(Br)c2c1=O. The Morgan fingerprint density at radius 2 is 2.31 bits per heavy atom. The summed E-state index contributed by atoms with van der Waals surface area (Å²) in [6.07, 6.45) is 3.27. The molecule has 5 heteroatoms. The Labute approximate surface area is 82.3 Å². The molecule has 13 heavy (non-hydrogen) atoms. The fraction of sp³-hybridized carbons (Fsp3) is 0.125. The van der Waals surface area contributed by atoms with Gasteiger partial charge in [-0.05, 0) is 22.0 Å². The predicted octanol–water partition coefficient (Wildman–Crippen LogP) is 1.09. The van der Waals surface area contributed by atoms with E-state index in [1.165, 1.54) is 4.68 Å². The number of fused-ring (bicyclic) bond motifs is 1. The van der Waals surface area contributed by atoms with Crippen LogP contribution in [-0.2, 0) is 7.05 Å². The molecule has 0 N–H and O–H groups in total. The molecule has 0 spiro atoms. The number of aryl methyl sites for hydroxylation is 1. The summed E-state index contributed by atoms with van der Waals surface area (Å²) < 4.78 is 1.85. The van der Waals surface area contributed by atoms with Crippen LogP contribution in [0.4, 0.5) is 0 Å². The predicted molar refractivity (Wildman–Crippen MR) is 52.5 cm³/mol. The van der Waals surface area contributed by atoms with Gasteiger partial charge in [-0.2, -0.15) is 5.10 Å². The smallest absolute Gasteiger partial charge is 0.267 e. The largest absolute Gasteiger partial charge is 0.277 e. The first-order valence-corrected chi connectivity index (χ1v) is 4.46. The molecule has 0 atom stereocenters. The maximum Gasteiger partial charge on any atom is 0.277 e. The maximum atomic E-state index is 11.6. The molecular weight excluding hydrogens is 234 g/mol. The maximum absolute atomic E-state index is 11.6.